The fourth-order valence-electron chi connectivity index (χ4n) is 5.74. The summed E-state index contributed by atoms with van der Waals surface area (Å²) in [6.07, 6.45) is 46.6. The van der Waals surface area contributed by atoms with Crippen LogP contribution in [0.5, 0.6) is 0 Å². The first-order valence-corrected chi connectivity index (χ1v) is 22.6. The lowest BCUT2D eigenvalue weighted by molar-refractivity contribution is -0.870. The summed E-state index contributed by atoms with van der Waals surface area (Å²) in [6.45, 7) is 4.52. The molecule has 0 amide bonds. The molecule has 0 heterocycles. The number of carboxylic acids is 1. The lowest BCUT2D eigenvalue weighted by atomic mass is 10.0. The van der Waals surface area contributed by atoms with Gasteiger partial charge in [0.25, 0.3) is 0 Å². The maximum absolute atomic E-state index is 12.7. The van der Waals surface area contributed by atoms with E-state index in [1.165, 1.54) is 70.6 Å². The van der Waals surface area contributed by atoms with Gasteiger partial charge in [0.05, 0.1) is 40.3 Å². The van der Waals surface area contributed by atoms with Crippen molar-refractivity contribution in [1.29, 1.82) is 0 Å². The number of esters is 2. The molecule has 332 valence electrons. The first-order valence-electron chi connectivity index (χ1n) is 22.6. The Labute approximate surface area is 354 Å². The van der Waals surface area contributed by atoms with Crippen LogP contribution in [0, 0.1) is 0 Å². The van der Waals surface area contributed by atoms with Crippen molar-refractivity contribution in [2.45, 2.75) is 174 Å². The molecule has 0 aliphatic rings. The molecule has 0 aliphatic heterocycles. The van der Waals surface area contributed by atoms with E-state index in [-0.39, 0.29) is 38.6 Å². The largest absolute Gasteiger partial charge is 0.545 e. The average Bonchev–Trinajstić information content (AvgIpc) is 3.18. The molecule has 0 N–H and O–H groups in total. The number of allylic oxidation sites excluding steroid dienone is 12. The fraction of sp³-hybridized carbons (Fsp3) is 0.694. The highest BCUT2D eigenvalue weighted by Gasteiger charge is 2.21. The van der Waals surface area contributed by atoms with Crippen molar-refractivity contribution in [2.24, 2.45) is 0 Å². The van der Waals surface area contributed by atoms with E-state index in [4.69, 9.17) is 18.9 Å². The highest BCUT2D eigenvalue weighted by molar-refractivity contribution is 5.70. The van der Waals surface area contributed by atoms with Crippen LogP contribution < -0.4 is 5.11 Å². The molecule has 0 spiro atoms. The summed E-state index contributed by atoms with van der Waals surface area (Å²) in [4.78, 5) is 36.9. The topological polar surface area (TPSA) is 111 Å². The standard InChI is InChI=1S/C49H83NO8/c1-6-8-10-12-14-16-18-20-22-23-24-25-26-28-30-32-34-36-38-40-47(52)58-45(44-57-49(48(53)54)55-42-41-50(3,4)5)43-56-46(51)39-37-35-33-31-29-27-21-19-17-15-13-11-9-7-2/h8,10,14,16,20,22,24-25,28,30,34,36,45,49H,6-7,9,11-13,15,17-19,21,23,26-27,29,31-33,35,37-44H2,1-5H3/b10-8-,16-14-,22-20-,25-24-,30-28-,36-34-. The van der Waals surface area contributed by atoms with Gasteiger partial charge in [-0.05, 0) is 51.4 Å². The van der Waals surface area contributed by atoms with Crippen LogP contribution in [0.3, 0.4) is 0 Å². The number of rotatable bonds is 40. The van der Waals surface area contributed by atoms with Crippen LogP contribution in [-0.4, -0.2) is 82.3 Å². The van der Waals surface area contributed by atoms with Gasteiger partial charge in [-0.3, -0.25) is 9.59 Å². The molecule has 0 radical (unpaired) electrons. The van der Waals surface area contributed by atoms with Gasteiger partial charge < -0.3 is 33.3 Å². The minimum atomic E-state index is -1.64. The summed E-state index contributed by atoms with van der Waals surface area (Å²) in [5.41, 5.74) is 0. The van der Waals surface area contributed by atoms with Crippen LogP contribution in [0.4, 0.5) is 0 Å². The molecular formula is C49H83NO8. The van der Waals surface area contributed by atoms with E-state index < -0.39 is 24.3 Å². The number of quaternary nitrogens is 1. The molecule has 0 rings (SSSR count). The van der Waals surface area contributed by atoms with E-state index in [0.717, 1.165) is 57.8 Å². The summed E-state index contributed by atoms with van der Waals surface area (Å²) >= 11 is 0. The van der Waals surface area contributed by atoms with Gasteiger partial charge in [-0.2, -0.15) is 0 Å². The van der Waals surface area contributed by atoms with Crippen molar-refractivity contribution in [3.63, 3.8) is 0 Å². The Kier molecular flexibility index (Phi) is 38.2. The Hall–Kier alpha value is -3.27. The molecular weight excluding hydrogens is 731 g/mol. The molecule has 2 unspecified atom stereocenters. The highest BCUT2D eigenvalue weighted by Crippen LogP contribution is 2.14. The first-order chi connectivity index (χ1) is 28.1. The minimum Gasteiger partial charge on any atom is -0.545 e. The number of aliphatic carboxylic acids is 1. The molecule has 0 fully saturated rings. The van der Waals surface area contributed by atoms with E-state index in [2.05, 4.69) is 74.6 Å². The van der Waals surface area contributed by atoms with Crippen LogP contribution >= 0.6 is 0 Å². The lowest BCUT2D eigenvalue weighted by Gasteiger charge is -2.26. The number of carbonyl (C=O) groups excluding carboxylic acids is 3. The summed E-state index contributed by atoms with van der Waals surface area (Å²) in [6, 6.07) is 0. The Morgan fingerprint density at radius 2 is 0.983 bits per heavy atom. The Morgan fingerprint density at radius 1 is 0.534 bits per heavy atom. The van der Waals surface area contributed by atoms with E-state index in [1.807, 2.05) is 33.3 Å². The molecule has 2 atom stereocenters. The zero-order chi connectivity index (χ0) is 42.8. The third-order valence-corrected chi connectivity index (χ3v) is 9.23. The second-order valence-corrected chi connectivity index (χ2v) is 16.0. The van der Waals surface area contributed by atoms with Gasteiger partial charge in [-0.15, -0.1) is 0 Å². The smallest absolute Gasteiger partial charge is 0.306 e. The quantitative estimate of drug-likeness (QED) is 0.0198. The van der Waals surface area contributed by atoms with Gasteiger partial charge in [0, 0.05) is 12.8 Å². The van der Waals surface area contributed by atoms with E-state index in [1.54, 1.807) is 0 Å². The normalized spacial score (nSPS) is 13.6. The number of ether oxygens (including phenoxy) is 4. The van der Waals surface area contributed by atoms with Crippen molar-refractivity contribution in [3.05, 3.63) is 72.9 Å². The monoisotopic (exact) mass is 814 g/mol. The zero-order valence-electron chi connectivity index (χ0n) is 37.4. The number of hydrogen-bond donors (Lipinski definition) is 0. The van der Waals surface area contributed by atoms with Crippen molar-refractivity contribution in [3.8, 4) is 0 Å². The van der Waals surface area contributed by atoms with Crippen LogP contribution in [0.15, 0.2) is 72.9 Å². The molecule has 0 saturated heterocycles. The summed E-state index contributed by atoms with van der Waals surface area (Å²) < 4.78 is 22.4. The zero-order valence-corrected chi connectivity index (χ0v) is 37.4. The van der Waals surface area contributed by atoms with Gasteiger partial charge in [-0.1, -0.05) is 170 Å². The molecule has 0 saturated carbocycles. The number of unbranched alkanes of at least 4 members (excludes halogenated alkanes) is 13. The molecule has 9 nitrogen and oxygen atoms in total. The number of nitrogens with zero attached hydrogens (tertiary/aromatic N) is 1. The van der Waals surface area contributed by atoms with Crippen molar-refractivity contribution >= 4 is 17.9 Å². The highest BCUT2D eigenvalue weighted by atomic mass is 16.7. The van der Waals surface area contributed by atoms with Crippen LogP contribution in [-0.2, 0) is 33.3 Å². The van der Waals surface area contributed by atoms with Gasteiger partial charge in [0.15, 0.2) is 12.4 Å². The fourth-order valence-corrected chi connectivity index (χ4v) is 5.74. The molecule has 9 heteroatoms. The predicted octanol–water partition coefficient (Wildman–Crippen LogP) is 10.6. The van der Waals surface area contributed by atoms with Crippen LogP contribution in [0.1, 0.15) is 162 Å². The van der Waals surface area contributed by atoms with Gasteiger partial charge in [0.2, 0.25) is 0 Å². The second-order valence-electron chi connectivity index (χ2n) is 16.0. The number of carboxylic acid groups (broad SMARTS) is 1. The minimum absolute atomic E-state index is 0.121. The Balaban J connectivity index is 4.58. The maximum atomic E-state index is 12.7. The predicted molar refractivity (Wildman–Crippen MR) is 237 cm³/mol. The lowest BCUT2D eigenvalue weighted by Crippen LogP contribution is -2.44. The summed E-state index contributed by atoms with van der Waals surface area (Å²) in [7, 11) is 5.88. The van der Waals surface area contributed by atoms with E-state index >= 15 is 0 Å². The van der Waals surface area contributed by atoms with Gasteiger partial charge >= 0.3 is 11.9 Å². The van der Waals surface area contributed by atoms with Crippen LogP contribution in [0.2, 0.25) is 0 Å². The van der Waals surface area contributed by atoms with Gasteiger partial charge in [0.1, 0.15) is 13.2 Å². The van der Waals surface area contributed by atoms with Gasteiger partial charge in [-0.25, -0.2) is 0 Å². The van der Waals surface area contributed by atoms with Crippen LogP contribution in [0.25, 0.3) is 0 Å². The van der Waals surface area contributed by atoms with Crippen molar-refractivity contribution < 1.29 is 42.9 Å². The molecule has 58 heavy (non-hydrogen) atoms. The number of hydrogen-bond acceptors (Lipinski definition) is 8. The Bertz CT molecular complexity index is 1180. The van der Waals surface area contributed by atoms with Crippen molar-refractivity contribution in [2.75, 3.05) is 47.5 Å². The number of carbonyl (C=O) groups is 3. The van der Waals surface area contributed by atoms with Crippen molar-refractivity contribution in [1.82, 2.24) is 0 Å². The number of likely N-dealkylation sites (N-methyl/N-ethyl adjacent to an activating group) is 1. The van der Waals surface area contributed by atoms with E-state index in [0.29, 0.717) is 17.4 Å². The Morgan fingerprint density at radius 3 is 1.43 bits per heavy atom. The molecule has 0 bridgehead atoms. The SMILES string of the molecule is CC/C=C\C/C=C\C/C=C\C/C=C\C/C=C\C/C=C\CCC(=O)OC(COC(=O)CCCCCCCCCCCCCCCC)COC(OCC[N+](C)(C)C)C(=O)[O-]. The second kappa shape index (κ2) is 40.5. The first kappa shape index (κ1) is 54.7. The average molecular weight is 814 g/mol. The molecule has 0 aliphatic carbocycles. The van der Waals surface area contributed by atoms with E-state index in [9.17, 15) is 19.5 Å². The third-order valence-electron chi connectivity index (χ3n) is 9.23. The third kappa shape index (κ3) is 40.9. The summed E-state index contributed by atoms with van der Waals surface area (Å²) in [5, 5.41) is 11.7. The molecule has 0 aromatic carbocycles. The molecule has 0 aromatic heterocycles. The maximum Gasteiger partial charge on any atom is 0.306 e. The molecule has 0 aromatic rings. The summed E-state index contributed by atoms with van der Waals surface area (Å²) in [5.74, 6) is -2.40.